The van der Waals surface area contributed by atoms with Crippen LogP contribution in [0.4, 0.5) is 11.6 Å². The number of nitrogens with one attached hydrogen (secondary N) is 1. The monoisotopic (exact) mass is 227 g/mol. The van der Waals surface area contributed by atoms with Crippen LogP contribution in [0.3, 0.4) is 0 Å². The summed E-state index contributed by atoms with van der Waals surface area (Å²) in [5.74, 6) is 0.922. The fraction of sp³-hybridized carbons (Fsp3) is 0.357. The topological polar surface area (TPSA) is 29.9 Å². The molecule has 1 aliphatic carbocycles. The second kappa shape index (κ2) is 4.24. The zero-order valence-corrected chi connectivity index (χ0v) is 10.1. The zero-order valence-electron chi connectivity index (χ0n) is 10.1. The summed E-state index contributed by atoms with van der Waals surface area (Å²) in [4.78, 5) is 4.33. The summed E-state index contributed by atoms with van der Waals surface area (Å²) in [6, 6.07) is 6.65. The van der Waals surface area contributed by atoms with Gasteiger partial charge in [0.2, 0.25) is 5.95 Å². The van der Waals surface area contributed by atoms with Gasteiger partial charge in [0, 0.05) is 24.6 Å². The maximum Gasteiger partial charge on any atom is 0.207 e. The summed E-state index contributed by atoms with van der Waals surface area (Å²) in [7, 11) is 0. The molecule has 1 aromatic heterocycles. The largest absolute Gasteiger partial charge is 0.326 e. The summed E-state index contributed by atoms with van der Waals surface area (Å²) in [5.41, 5.74) is 4.14. The minimum Gasteiger partial charge on any atom is -0.326 e. The van der Waals surface area contributed by atoms with E-state index in [0.717, 1.165) is 18.2 Å². The normalized spacial score (nSPS) is 13.7. The third kappa shape index (κ3) is 1.93. The first-order valence-electron chi connectivity index (χ1n) is 6.27. The first-order valence-corrected chi connectivity index (χ1v) is 6.27. The number of aromatic nitrogens is 2. The molecule has 88 valence electrons. The molecule has 1 heterocycles. The second-order valence-corrected chi connectivity index (χ2v) is 4.50. The van der Waals surface area contributed by atoms with E-state index in [1.165, 1.54) is 30.4 Å². The Hall–Kier alpha value is -1.77. The molecule has 17 heavy (non-hydrogen) atoms. The molecular formula is C14H17N3. The summed E-state index contributed by atoms with van der Waals surface area (Å²) in [6.07, 6.45) is 7.57. The first-order chi connectivity index (χ1) is 8.36. The Balaban J connectivity index is 1.86. The van der Waals surface area contributed by atoms with Crippen molar-refractivity contribution in [3.63, 3.8) is 0 Å². The Kier molecular flexibility index (Phi) is 2.59. The van der Waals surface area contributed by atoms with E-state index in [1.54, 1.807) is 0 Å². The number of anilines is 2. The van der Waals surface area contributed by atoms with E-state index >= 15 is 0 Å². The molecule has 1 N–H and O–H groups in total. The van der Waals surface area contributed by atoms with Crippen molar-refractivity contribution in [3.05, 3.63) is 41.7 Å². The minimum atomic E-state index is 0.922. The standard InChI is InChI=1S/C14H17N3/c1-2-17-9-8-15-14(17)16-13-7-6-11-4-3-5-12(11)10-13/h6-10H,2-5H2,1H3,(H,15,16). The highest BCUT2D eigenvalue weighted by Gasteiger charge is 2.11. The van der Waals surface area contributed by atoms with Gasteiger partial charge in [-0.3, -0.25) is 0 Å². The number of hydrogen-bond acceptors (Lipinski definition) is 2. The number of hydrogen-bond donors (Lipinski definition) is 1. The Labute approximate surface area is 101 Å². The van der Waals surface area contributed by atoms with Crippen LogP contribution in [0.2, 0.25) is 0 Å². The Morgan fingerprint density at radius 3 is 3.06 bits per heavy atom. The van der Waals surface area contributed by atoms with Crippen LogP contribution in [0.15, 0.2) is 30.6 Å². The molecule has 0 amide bonds. The molecule has 0 saturated carbocycles. The van der Waals surface area contributed by atoms with Crippen molar-refractivity contribution in [1.82, 2.24) is 9.55 Å². The number of nitrogens with zero attached hydrogens (tertiary/aromatic N) is 2. The van der Waals surface area contributed by atoms with Crippen molar-refractivity contribution >= 4 is 11.6 Å². The van der Waals surface area contributed by atoms with Gasteiger partial charge in [0.05, 0.1) is 0 Å². The van der Waals surface area contributed by atoms with Crippen LogP contribution in [0.5, 0.6) is 0 Å². The SMILES string of the molecule is CCn1ccnc1Nc1ccc2c(c1)CCC2. The van der Waals surface area contributed by atoms with Crippen molar-refractivity contribution in [2.75, 3.05) is 5.32 Å². The molecule has 1 aliphatic rings. The van der Waals surface area contributed by atoms with Crippen LogP contribution in [-0.2, 0) is 19.4 Å². The first kappa shape index (κ1) is 10.4. The predicted octanol–water partition coefficient (Wildman–Crippen LogP) is 3.14. The highest BCUT2D eigenvalue weighted by molar-refractivity contribution is 5.57. The van der Waals surface area contributed by atoms with E-state index in [2.05, 4.69) is 40.0 Å². The van der Waals surface area contributed by atoms with E-state index in [9.17, 15) is 0 Å². The molecule has 0 saturated heterocycles. The number of rotatable bonds is 3. The number of fused-ring (bicyclic) bond motifs is 1. The second-order valence-electron chi connectivity index (χ2n) is 4.50. The van der Waals surface area contributed by atoms with Crippen LogP contribution >= 0.6 is 0 Å². The smallest absolute Gasteiger partial charge is 0.207 e. The Bertz CT molecular complexity index is 528. The Morgan fingerprint density at radius 2 is 2.18 bits per heavy atom. The maximum absolute atomic E-state index is 4.33. The molecule has 0 unspecified atom stereocenters. The zero-order chi connectivity index (χ0) is 11.7. The molecule has 3 heteroatoms. The number of imidazole rings is 1. The van der Waals surface area contributed by atoms with E-state index in [4.69, 9.17) is 0 Å². The molecule has 0 radical (unpaired) electrons. The average molecular weight is 227 g/mol. The third-order valence-electron chi connectivity index (χ3n) is 3.41. The lowest BCUT2D eigenvalue weighted by molar-refractivity contribution is 0.772. The van der Waals surface area contributed by atoms with Gasteiger partial charge in [0.15, 0.2) is 0 Å². The van der Waals surface area contributed by atoms with Crippen LogP contribution in [0, 0.1) is 0 Å². The summed E-state index contributed by atoms with van der Waals surface area (Å²) in [5, 5.41) is 3.38. The summed E-state index contributed by atoms with van der Waals surface area (Å²) < 4.78 is 2.10. The molecule has 0 bridgehead atoms. The molecule has 0 aliphatic heterocycles. The van der Waals surface area contributed by atoms with Gasteiger partial charge in [0.25, 0.3) is 0 Å². The fourth-order valence-corrected chi connectivity index (χ4v) is 2.47. The van der Waals surface area contributed by atoms with Gasteiger partial charge in [-0.05, 0) is 49.4 Å². The summed E-state index contributed by atoms with van der Waals surface area (Å²) in [6.45, 7) is 3.06. The van der Waals surface area contributed by atoms with Gasteiger partial charge in [-0.15, -0.1) is 0 Å². The van der Waals surface area contributed by atoms with Crippen LogP contribution in [0.25, 0.3) is 0 Å². The van der Waals surface area contributed by atoms with Gasteiger partial charge in [-0.2, -0.15) is 0 Å². The minimum absolute atomic E-state index is 0.922. The van der Waals surface area contributed by atoms with Gasteiger partial charge < -0.3 is 9.88 Å². The van der Waals surface area contributed by atoms with Gasteiger partial charge in [-0.25, -0.2) is 4.98 Å². The van der Waals surface area contributed by atoms with E-state index < -0.39 is 0 Å². The maximum atomic E-state index is 4.33. The fourth-order valence-electron chi connectivity index (χ4n) is 2.47. The van der Waals surface area contributed by atoms with Crippen molar-refractivity contribution in [2.45, 2.75) is 32.7 Å². The molecule has 0 atom stereocenters. The van der Waals surface area contributed by atoms with E-state index in [0.29, 0.717) is 0 Å². The lowest BCUT2D eigenvalue weighted by Gasteiger charge is -2.09. The van der Waals surface area contributed by atoms with Gasteiger partial charge in [0.1, 0.15) is 0 Å². The molecule has 3 nitrogen and oxygen atoms in total. The van der Waals surface area contributed by atoms with Crippen LogP contribution < -0.4 is 5.32 Å². The van der Waals surface area contributed by atoms with Crippen molar-refractivity contribution in [1.29, 1.82) is 0 Å². The van der Waals surface area contributed by atoms with Gasteiger partial charge >= 0.3 is 0 Å². The molecule has 2 aromatic rings. The van der Waals surface area contributed by atoms with E-state index in [1.807, 2.05) is 12.4 Å². The highest BCUT2D eigenvalue weighted by atomic mass is 15.2. The van der Waals surface area contributed by atoms with Crippen LogP contribution in [-0.4, -0.2) is 9.55 Å². The highest BCUT2D eigenvalue weighted by Crippen LogP contribution is 2.26. The molecule has 0 spiro atoms. The van der Waals surface area contributed by atoms with Crippen molar-refractivity contribution in [3.8, 4) is 0 Å². The third-order valence-corrected chi connectivity index (χ3v) is 3.41. The number of aryl methyl sites for hydroxylation is 3. The lowest BCUT2D eigenvalue weighted by Crippen LogP contribution is -2.01. The van der Waals surface area contributed by atoms with Gasteiger partial charge in [-0.1, -0.05) is 6.07 Å². The van der Waals surface area contributed by atoms with Crippen molar-refractivity contribution in [2.24, 2.45) is 0 Å². The summed E-state index contributed by atoms with van der Waals surface area (Å²) >= 11 is 0. The number of benzene rings is 1. The molecule has 0 fully saturated rings. The lowest BCUT2D eigenvalue weighted by atomic mass is 10.1. The Morgan fingerprint density at radius 1 is 1.29 bits per heavy atom. The molecule has 3 rings (SSSR count). The average Bonchev–Trinajstić information content (AvgIpc) is 2.96. The quantitative estimate of drug-likeness (QED) is 0.873. The van der Waals surface area contributed by atoms with E-state index in [-0.39, 0.29) is 0 Å². The predicted molar refractivity (Wildman–Crippen MR) is 69.7 cm³/mol. The van der Waals surface area contributed by atoms with Crippen LogP contribution in [0.1, 0.15) is 24.5 Å². The molecular weight excluding hydrogens is 210 g/mol. The molecule has 1 aromatic carbocycles. The van der Waals surface area contributed by atoms with Crippen molar-refractivity contribution < 1.29 is 0 Å².